The van der Waals surface area contributed by atoms with E-state index in [1.807, 2.05) is 35.0 Å². The number of amides is 1. The van der Waals surface area contributed by atoms with Gasteiger partial charge in [-0.1, -0.05) is 41.4 Å². The molecule has 0 radical (unpaired) electrons. The number of hydrogen-bond donors (Lipinski definition) is 1. The van der Waals surface area contributed by atoms with Gasteiger partial charge < -0.3 is 9.88 Å². The standard InChI is InChI=1S/C23H24Cl2N4O3S/c24-21-8-5-18(12-22(21)25)15-33(31,32)29-10-1-2-19(14-29)23(30)27-13-17-3-6-20(7-4-17)28-11-9-26-16-28/h3-9,11-12,16,19H,1-2,10,13-15H2,(H,27,30)/t19-/m1/s1. The highest BCUT2D eigenvalue weighted by atomic mass is 35.5. The zero-order valence-electron chi connectivity index (χ0n) is 17.8. The number of rotatable bonds is 7. The quantitative estimate of drug-likeness (QED) is 0.523. The minimum Gasteiger partial charge on any atom is -0.352 e. The van der Waals surface area contributed by atoms with E-state index in [0.29, 0.717) is 41.5 Å². The summed E-state index contributed by atoms with van der Waals surface area (Å²) in [6.45, 7) is 0.966. The van der Waals surface area contributed by atoms with Crippen LogP contribution in [0.4, 0.5) is 0 Å². The molecule has 0 spiro atoms. The first kappa shape index (κ1) is 23.8. The third-order valence-corrected chi connectivity index (χ3v) is 8.24. The highest BCUT2D eigenvalue weighted by Gasteiger charge is 2.32. The number of sulfonamides is 1. The lowest BCUT2D eigenvalue weighted by molar-refractivity contribution is -0.126. The molecule has 2 heterocycles. The maximum absolute atomic E-state index is 12.9. The second-order valence-electron chi connectivity index (χ2n) is 8.06. The van der Waals surface area contributed by atoms with Crippen molar-refractivity contribution in [2.75, 3.05) is 13.1 Å². The number of benzene rings is 2. The predicted molar refractivity (Wildman–Crippen MR) is 129 cm³/mol. The molecular formula is C23H24Cl2N4O3S. The number of nitrogens with one attached hydrogen (secondary N) is 1. The van der Waals surface area contributed by atoms with Gasteiger partial charge in [-0.15, -0.1) is 0 Å². The lowest BCUT2D eigenvalue weighted by Gasteiger charge is -2.31. The summed E-state index contributed by atoms with van der Waals surface area (Å²) in [5, 5.41) is 3.64. The van der Waals surface area contributed by atoms with Crippen LogP contribution in [0, 0.1) is 5.92 Å². The fraction of sp³-hybridized carbons (Fsp3) is 0.304. The van der Waals surface area contributed by atoms with E-state index in [-0.39, 0.29) is 24.1 Å². The van der Waals surface area contributed by atoms with Gasteiger partial charge in [-0.25, -0.2) is 17.7 Å². The van der Waals surface area contributed by atoms with E-state index in [0.717, 1.165) is 11.3 Å². The third-order valence-electron chi connectivity index (χ3n) is 5.69. The van der Waals surface area contributed by atoms with Crippen molar-refractivity contribution in [3.63, 3.8) is 0 Å². The Morgan fingerprint density at radius 1 is 1.09 bits per heavy atom. The summed E-state index contributed by atoms with van der Waals surface area (Å²) in [4.78, 5) is 16.8. The number of carbonyl (C=O) groups is 1. The molecule has 4 rings (SSSR count). The Labute approximate surface area is 203 Å². The van der Waals surface area contributed by atoms with Crippen molar-refractivity contribution in [2.45, 2.75) is 25.1 Å². The van der Waals surface area contributed by atoms with E-state index in [2.05, 4.69) is 10.3 Å². The first-order valence-corrected chi connectivity index (χ1v) is 12.9. The highest BCUT2D eigenvalue weighted by Crippen LogP contribution is 2.26. The van der Waals surface area contributed by atoms with Crippen LogP contribution in [-0.2, 0) is 27.1 Å². The highest BCUT2D eigenvalue weighted by molar-refractivity contribution is 7.88. The summed E-state index contributed by atoms with van der Waals surface area (Å²) in [6, 6.07) is 12.6. The van der Waals surface area contributed by atoms with Crippen LogP contribution in [0.3, 0.4) is 0 Å². The molecule has 1 atom stereocenters. The first-order valence-electron chi connectivity index (χ1n) is 10.6. The molecule has 7 nitrogen and oxygen atoms in total. The average molecular weight is 507 g/mol. The fourth-order valence-electron chi connectivity index (χ4n) is 3.87. The Hall–Kier alpha value is -2.39. The van der Waals surface area contributed by atoms with E-state index in [1.54, 1.807) is 30.7 Å². The van der Waals surface area contributed by atoms with Gasteiger partial charge in [0.05, 0.1) is 28.0 Å². The van der Waals surface area contributed by atoms with Crippen LogP contribution < -0.4 is 5.32 Å². The molecule has 2 aromatic carbocycles. The van der Waals surface area contributed by atoms with Crippen LogP contribution in [-0.4, -0.2) is 41.3 Å². The molecule has 1 saturated heterocycles. The normalized spacial score (nSPS) is 17.1. The molecule has 0 aliphatic carbocycles. The summed E-state index contributed by atoms with van der Waals surface area (Å²) in [5.74, 6) is -0.697. The molecule has 0 unspecified atom stereocenters. The number of halogens is 2. The number of carbonyl (C=O) groups excluding carboxylic acids is 1. The van der Waals surface area contributed by atoms with Gasteiger partial charge in [-0.2, -0.15) is 0 Å². The van der Waals surface area contributed by atoms with Gasteiger partial charge in [0.15, 0.2) is 0 Å². The van der Waals surface area contributed by atoms with Crippen molar-refractivity contribution >= 4 is 39.1 Å². The summed E-state index contributed by atoms with van der Waals surface area (Å²) >= 11 is 11.9. The molecule has 3 aromatic rings. The van der Waals surface area contributed by atoms with Gasteiger partial charge in [0.2, 0.25) is 15.9 Å². The number of hydrogen-bond acceptors (Lipinski definition) is 4. The van der Waals surface area contributed by atoms with Gasteiger partial charge in [0.25, 0.3) is 0 Å². The van der Waals surface area contributed by atoms with E-state index < -0.39 is 10.0 Å². The van der Waals surface area contributed by atoms with E-state index in [4.69, 9.17) is 23.2 Å². The van der Waals surface area contributed by atoms with Gasteiger partial charge in [0.1, 0.15) is 0 Å². The van der Waals surface area contributed by atoms with Crippen LogP contribution in [0.25, 0.3) is 5.69 Å². The van der Waals surface area contributed by atoms with Crippen molar-refractivity contribution in [3.8, 4) is 5.69 Å². The Morgan fingerprint density at radius 2 is 1.85 bits per heavy atom. The zero-order chi connectivity index (χ0) is 23.4. The van der Waals surface area contributed by atoms with Crippen molar-refractivity contribution in [3.05, 3.63) is 82.4 Å². The second kappa shape index (κ2) is 10.3. The molecule has 1 aliphatic rings. The van der Waals surface area contributed by atoms with Gasteiger partial charge in [-0.05, 0) is 48.2 Å². The first-order chi connectivity index (χ1) is 15.8. The molecule has 1 amide bonds. The molecule has 33 heavy (non-hydrogen) atoms. The van der Waals surface area contributed by atoms with Crippen LogP contribution in [0.15, 0.2) is 61.2 Å². The number of nitrogens with zero attached hydrogens (tertiary/aromatic N) is 3. The summed E-state index contributed by atoms with van der Waals surface area (Å²) in [5.41, 5.74) is 2.51. The van der Waals surface area contributed by atoms with Gasteiger partial charge in [0, 0.05) is 37.7 Å². The van der Waals surface area contributed by atoms with Crippen molar-refractivity contribution in [2.24, 2.45) is 5.92 Å². The van der Waals surface area contributed by atoms with E-state index >= 15 is 0 Å². The van der Waals surface area contributed by atoms with Crippen LogP contribution in [0.5, 0.6) is 0 Å². The van der Waals surface area contributed by atoms with Crippen molar-refractivity contribution < 1.29 is 13.2 Å². The molecule has 0 bridgehead atoms. The number of piperidine rings is 1. The van der Waals surface area contributed by atoms with Crippen LogP contribution in [0.2, 0.25) is 10.0 Å². The third kappa shape index (κ3) is 5.95. The molecule has 0 saturated carbocycles. The Kier molecular flexibility index (Phi) is 7.38. The molecule has 1 aromatic heterocycles. The maximum atomic E-state index is 12.9. The smallest absolute Gasteiger partial charge is 0.224 e. The fourth-order valence-corrected chi connectivity index (χ4v) is 5.79. The average Bonchev–Trinajstić information content (AvgIpc) is 3.35. The predicted octanol–water partition coefficient (Wildman–Crippen LogP) is 4.04. The van der Waals surface area contributed by atoms with Gasteiger partial charge >= 0.3 is 0 Å². The monoisotopic (exact) mass is 506 g/mol. The topological polar surface area (TPSA) is 84.3 Å². The molecular weight excluding hydrogens is 483 g/mol. The summed E-state index contributed by atoms with van der Waals surface area (Å²) in [7, 11) is -3.58. The van der Waals surface area contributed by atoms with Crippen molar-refractivity contribution in [1.29, 1.82) is 0 Å². The largest absolute Gasteiger partial charge is 0.352 e. The van der Waals surface area contributed by atoms with Gasteiger partial charge in [-0.3, -0.25) is 4.79 Å². The Bertz CT molecular complexity index is 1220. The Balaban J connectivity index is 1.33. The number of aromatic nitrogens is 2. The minimum absolute atomic E-state index is 0.136. The molecule has 1 aliphatic heterocycles. The lowest BCUT2D eigenvalue weighted by Crippen LogP contribution is -2.45. The minimum atomic E-state index is -3.58. The maximum Gasteiger partial charge on any atom is 0.224 e. The molecule has 10 heteroatoms. The SMILES string of the molecule is O=C(NCc1ccc(-n2ccnc2)cc1)[C@@H]1CCCN(S(=O)(=O)Cc2ccc(Cl)c(Cl)c2)C1. The Morgan fingerprint density at radius 3 is 2.55 bits per heavy atom. The van der Waals surface area contributed by atoms with E-state index in [9.17, 15) is 13.2 Å². The molecule has 174 valence electrons. The van der Waals surface area contributed by atoms with Crippen LogP contribution >= 0.6 is 23.2 Å². The summed E-state index contributed by atoms with van der Waals surface area (Å²) in [6.07, 6.45) is 6.59. The lowest BCUT2D eigenvalue weighted by atomic mass is 9.99. The molecule has 1 fully saturated rings. The van der Waals surface area contributed by atoms with Crippen LogP contribution in [0.1, 0.15) is 24.0 Å². The second-order valence-corrected chi connectivity index (χ2v) is 10.8. The number of imidazole rings is 1. The summed E-state index contributed by atoms with van der Waals surface area (Å²) < 4.78 is 29.2. The van der Waals surface area contributed by atoms with Crippen molar-refractivity contribution in [1.82, 2.24) is 19.2 Å². The zero-order valence-corrected chi connectivity index (χ0v) is 20.2. The molecule has 1 N–H and O–H groups in total. The van der Waals surface area contributed by atoms with E-state index in [1.165, 1.54) is 4.31 Å².